The molecule has 0 radical (unpaired) electrons. The maximum Gasteiger partial charge on any atom is 0.240 e. The summed E-state index contributed by atoms with van der Waals surface area (Å²) in [6.07, 6.45) is 0. The van der Waals surface area contributed by atoms with Gasteiger partial charge in [-0.05, 0) is 23.3 Å². The Hall–Kier alpha value is -2.33. The predicted molar refractivity (Wildman–Crippen MR) is 100 cm³/mol. The first-order valence-corrected chi connectivity index (χ1v) is 8.53. The number of amides is 2. The van der Waals surface area contributed by atoms with Gasteiger partial charge in [0.05, 0.1) is 12.6 Å². The smallest absolute Gasteiger partial charge is 0.240 e. The van der Waals surface area contributed by atoms with E-state index in [-0.39, 0.29) is 24.4 Å². The fourth-order valence-electron chi connectivity index (χ4n) is 2.30. The third kappa shape index (κ3) is 5.61. The molecular formula is C20H23ClN2O2. The molecule has 0 aliphatic heterocycles. The molecule has 2 N–H and O–H groups in total. The van der Waals surface area contributed by atoms with Crippen molar-refractivity contribution in [2.24, 2.45) is 5.41 Å². The second-order valence-corrected chi connectivity index (χ2v) is 7.33. The summed E-state index contributed by atoms with van der Waals surface area (Å²) in [5.41, 5.74) is 1.35. The SMILES string of the molecule is CC(C)(C)C(=O)NCC(=O)NC(c1ccccc1)c1ccc(Cl)cc1. The Morgan fingerprint density at radius 1 is 0.960 bits per heavy atom. The topological polar surface area (TPSA) is 58.2 Å². The minimum atomic E-state index is -0.532. The maximum atomic E-state index is 12.3. The summed E-state index contributed by atoms with van der Waals surface area (Å²) in [6, 6.07) is 16.7. The van der Waals surface area contributed by atoms with Crippen LogP contribution in [-0.4, -0.2) is 18.4 Å². The molecular weight excluding hydrogens is 336 g/mol. The second-order valence-electron chi connectivity index (χ2n) is 6.90. The highest BCUT2D eigenvalue weighted by atomic mass is 35.5. The van der Waals surface area contributed by atoms with Crippen molar-refractivity contribution >= 4 is 23.4 Å². The van der Waals surface area contributed by atoms with E-state index in [1.54, 1.807) is 32.9 Å². The molecule has 4 nitrogen and oxygen atoms in total. The van der Waals surface area contributed by atoms with Crippen LogP contribution in [0.2, 0.25) is 5.02 Å². The van der Waals surface area contributed by atoms with Crippen LogP contribution in [0.25, 0.3) is 0 Å². The zero-order valence-corrected chi connectivity index (χ0v) is 15.4. The number of hydrogen-bond acceptors (Lipinski definition) is 2. The van der Waals surface area contributed by atoms with Crippen molar-refractivity contribution in [1.82, 2.24) is 10.6 Å². The van der Waals surface area contributed by atoms with Gasteiger partial charge < -0.3 is 10.6 Å². The maximum absolute atomic E-state index is 12.3. The number of carbonyl (C=O) groups is 2. The van der Waals surface area contributed by atoms with Gasteiger partial charge in [0.15, 0.2) is 0 Å². The highest BCUT2D eigenvalue weighted by Gasteiger charge is 2.22. The molecule has 0 aromatic heterocycles. The Morgan fingerprint density at radius 2 is 1.52 bits per heavy atom. The summed E-state index contributed by atoms with van der Waals surface area (Å²) < 4.78 is 0. The number of benzene rings is 2. The van der Waals surface area contributed by atoms with Crippen molar-refractivity contribution in [3.8, 4) is 0 Å². The number of nitrogens with one attached hydrogen (secondary N) is 2. The van der Waals surface area contributed by atoms with Gasteiger partial charge in [-0.15, -0.1) is 0 Å². The Bertz CT molecular complexity index is 722. The van der Waals surface area contributed by atoms with E-state index in [9.17, 15) is 9.59 Å². The van der Waals surface area contributed by atoms with Gasteiger partial charge in [0.2, 0.25) is 11.8 Å². The molecule has 0 saturated carbocycles. The molecule has 1 atom stereocenters. The minimum absolute atomic E-state index is 0.0625. The molecule has 0 saturated heterocycles. The van der Waals surface area contributed by atoms with Gasteiger partial charge in [-0.1, -0.05) is 74.8 Å². The number of rotatable bonds is 5. The average Bonchev–Trinajstić information content (AvgIpc) is 2.58. The molecule has 0 bridgehead atoms. The van der Waals surface area contributed by atoms with Gasteiger partial charge >= 0.3 is 0 Å². The van der Waals surface area contributed by atoms with Gasteiger partial charge in [0, 0.05) is 10.4 Å². The Morgan fingerprint density at radius 3 is 2.08 bits per heavy atom. The predicted octanol–water partition coefficient (Wildman–Crippen LogP) is 3.71. The normalized spacial score (nSPS) is 12.3. The van der Waals surface area contributed by atoms with E-state index in [0.29, 0.717) is 5.02 Å². The van der Waals surface area contributed by atoms with Crippen molar-refractivity contribution in [1.29, 1.82) is 0 Å². The average molecular weight is 359 g/mol. The zero-order chi connectivity index (χ0) is 18.4. The second kappa shape index (κ2) is 8.17. The molecule has 1 unspecified atom stereocenters. The third-order valence-electron chi connectivity index (χ3n) is 3.73. The van der Waals surface area contributed by atoms with Gasteiger partial charge in [0.25, 0.3) is 0 Å². The molecule has 132 valence electrons. The molecule has 2 amide bonds. The summed E-state index contributed by atoms with van der Waals surface area (Å²) in [5, 5.41) is 6.29. The summed E-state index contributed by atoms with van der Waals surface area (Å²) in [7, 11) is 0. The molecule has 5 heteroatoms. The lowest BCUT2D eigenvalue weighted by atomic mass is 9.96. The van der Waals surface area contributed by atoms with E-state index in [1.807, 2.05) is 42.5 Å². The van der Waals surface area contributed by atoms with Crippen LogP contribution >= 0.6 is 11.6 Å². The van der Waals surface area contributed by atoms with Crippen LogP contribution in [0.15, 0.2) is 54.6 Å². The van der Waals surface area contributed by atoms with Crippen molar-refractivity contribution in [2.75, 3.05) is 6.54 Å². The number of hydrogen-bond donors (Lipinski definition) is 2. The Labute approximate surface area is 153 Å². The number of halogens is 1. The molecule has 0 aliphatic carbocycles. The quantitative estimate of drug-likeness (QED) is 0.856. The highest BCUT2D eigenvalue weighted by molar-refractivity contribution is 6.30. The van der Waals surface area contributed by atoms with Gasteiger partial charge in [0.1, 0.15) is 0 Å². The van der Waals surface area contributed by atoms with E-state index in [1.165, 1.54) is 0 Å². The van der Waals surface area contributed by atoms with E-state index in [4.69, 9.17) is 11.6 Å². The van der Waals surface area contributed by atoms with Gasteiger partial charge in [-0.25, -0.2) is 0 Å². The molecule has 0 spiro atoms. The summed E-state index contributed by atoms with van der Waals surface area (Å²) in [6.45, 7) is 5.36. The van der Waals surface area contributed by atoms with Crippen molar-refractivity contribution in [3.63, 3.8) is 0 Å². The van der Waals surface area contributed by atoms with Crippen LogP contribution in [0.3, 0.4) is 0 Å². The van der Waals surface area contributed by atoms with Crippen LogP contribution in [0.5, 0.6) is 0 Å². The van der Waals surface area contributed by atoms with Crippen LogP contribution in [0.4, 0.5) is 0 Å². The van der Waals surface area contributed by atoms with Crippen LogP contribution in [0, 0.1) is 5.41 Å². The molecule has 2 rings (SSSR count). The third-order valence-corrected chi connectivity index (χ3v) is 3.98. The zero-order valence-electron chi connectivity index (χ0n) is 14.7. The number of carbonyl (C=O) groups excluding carboxylic acids is 2. The first kappa shape index (κ1) is 19.0. The van der Waals surface area contributed by atoms with Crippen LogP contribution in [0.1, 0.15) is 37.9 Å². The van der Waals surface area contributed by atoms with Crippen molar-refractivity contribution < 1.29 is 9.59 Å². The first-order valence-electron chi connectivity index (χ1n) is 8.15. The molecule has 2 aromatic rings. The summed E-state index contributed by atoms with van der Waals surface area (Å²) in [5.74, 6) is -0.410. The molecule has 25 heavy (non-hydrogen) atoms. The van der Waals surface area contributed by atoms with E-state index < -0.39 is 5.41 Å². The first-order chi connectivity index (χ1) is 11.8. The fraction of sp³-hybridized carbons (Fsp3) is 0.300. The van der Waals surface area contributed by atoms with E-state index in [0.717, 1.165) is 11.1 Å². The van der Waals surface area contributed by atoms with Crippen molar-refractivity contribution in [3.05, 3.63) is 70.7 Å². The highest BCUT2D eigenvalue weighted by Crippen LogP contribution is 2.23. The standard InChI is InChI=1S/C20H23ClN2O2/c1-20(2,3)19(25)22-13-17(24)23-18(14-7-5-4-6-8-14)15-9-11-16(21)12-10-15/h4-12,18H,13H2,1-3H3,(H,22,25)(H,23,24). The molecule has 2 aromatic carbocycles. The van der Waals surface area contributed by atoms with E-state index >= 15 is 0 Å². The molecule has 0 fully saturated rings. The van der Waals surface area contributed by atoms with Crippen LogP contribution in [-0.2, 0) is 9.59 Å². The monoisotopic (exact) mass is 358 g/mol. The summed E-state index contributed by atoms with van der Waals surface area (Å²) >= 11 is 5.96. The molecule has 0 heterocycles. The minimum Gasteiger partial charge on any atom is -0.347 e. The van der Waals surface area contributed by atoms with E-state index in [2.05, 4.69) is 10.6 Å². The van der Waals surface area contributed by atoms with Gasteiger partial charge in [-0.2, -0.15) is 0 Å². The lowest BCUT2D eigenvalue weighted by Crippen LogP contribution is -2.42. The lowest BCUT2D eigenvalue weighted by molar-refractivity contribution is -0.131. The molecule has 0 aliphatic rings. The van der Waals surface area contributed by atoms with Crippen molar-refractivity contribution in [2.45, 2.75) is 26.8 Å². The van der Waals surface area contributed by atoms with Gasteiger partial charge in [-0.3, -0.25) is 9.59 Å². The largest absolute Gasteiger partial charge is 0.347 e. The fourth-order valence-corrected chi connectivity index (χ4v) is 2.42. The lowest BCUT2D eigenvalue weighted by Gasteiger charge is -2.21. The van der Waals surface area contributed by atoms with Crippen LogP contribution < -0.4 is 10.6 Å². The Kier molecular flexibility index (Phi) is 6.21. The Balaban J connectivity index is 2.13. The summed E-state index contributed by atoms with van der Waals surface area (Å²) in [4.78, 5) is 24.3.